The summed E-state index contributed by atoms with van der Waals surface area (Å²) < 4.78 is 5.67. The summed E-state index contributed by atoms with van der Waals surface area (Å²) in [6.07, 6.45) is 2.52. The van der Waals surface area contributed by atoms with Gasteiger partial charge < -0.3 is 15.0 Å². The summed E-state index contributed by atoms with van der Waals surface area (Å²) in [5.41, 5.74) is 5.42. The molecule has 0 aliphatic carbocycles. The highest BCUT2D eigenvalue weighted by molar-refractivity contribution is 5.92. The first-order valence-electron chi connectivity index (χ1n) is 8.88. The van der Waals surface area contributed by atoms with Gasteiger partial charge in [0.1, 0.15) is 5.75 Å². The van der Waals surface area contributed by atoms with Gasteiger partial charge in [-0.05, 0) is 74.6 Å². The minimum Gasteiger partial charge on any atom is -0.483 e. The van der Waals surface area contributed by atoms with E-state index in [1.807, 2.05) is 44.2 Å². The number of aryl methyl sites for hydroxylation is 3. The average molecular weight is 338 g/mol. The van der Waals surface area contributed by atoms with E-state index < -0.39 is 0 Å². The molecule has 0 atom stereocenters. The zero-order chi connectivity index (χ0) is 17.8. The van der Waals surface area contributed by atoms with Crippen molar-refractivity contribution in [2.45, 2.75) is 33.6 Å². The topological polar surface area (TPSA) is 41.6 Å². The molecular weight excluding hydrogens is 312 g/mol. The number of hydrogen-bond donors (Lipinski definition) is 1. The lowest BCUT2D eigenvalue weighted by molar-refractivity contribution is -0.118. The summed E-state index contributed by atoms with van der Waals surface area (Å²) in [7, 11) is 0. The van der Waals surface area contributed by atoms with Crippen LogP contribution < -0.4 is 15.0 Å². The van der Waals surface area contributed by atoms with E-state index >= 15 is 0 Å². The minimum absolute atomic E-state index is 0.0111. The molecule has 0 bridgehead atoms. The Balaban J connectivity index is 1.59. The lowest BCUT2D eigenvalue weighted by Crippen LogP contribution is -2.21. The van der Waals surface area contributed by atoms with Crippen molar-refractivity contribution in [3.8, 4) is 5.75 Å². The molecule has 25 heavy (non-hydrogen) atoms. The van der Waals surface area contributed by atoms with Gasteiger partial charge in [-0.3, -0.25) is 4.79 Å². The van der Waals surface area contributed by atoms with Crippen LogP contribution in [-0.4, -0.2) is 25.6 Å². The Morgan fingerprint density at radius 2 is 1.80 bits per heavy atom. The quantitative estimate of drug-likeness (QED) is 0.887. The Morgan fingerprint density at radius 3 is 2.52 bits per heavy atom. The largest absolute Gasteiger partial charge is 0.483 e. The van der Waals surface area contributed by atoms with Crippen LogP contribution in [0.4, 0.5) is 11.4 Å². The van der Waals surface area contributed by atoms with Gasteiger partial charge in [0.2, 0.25) is 0 Å². The third-order valence-electron chi connectivity index (χ3n) is 4.63. The summed E-state index contributed by atoms with van der Waals surface area (Å²) in [4.78, 5) is 14.6. The number of amides is 1. The van der Waals surface area contributed by atoms with Crippen molar-refractivity contribution in [3.05, 3.63) is 53.1 Å². The SMILES string of the molecule is Cc1ccc(C)c(OCC(=O)Nc2ccc(N3CCCC3)c(C)c2)c1. The Bertz CT molecular complexity index is 764. The van der Waals surface area contributed by atoms with Gasteiger partial charge in [0, 0.05) is 24.5 Å². The first kappa shape index (κ1) is 17.3. The van der Waals surface area contributed by atoms with E-state index in [0.717, 1.165) is 35.7 Å². The van der Waals surface area contributed by atoms with Gasteiger partial charge in [-0.15, -0.1) is 0 Å². The van der Waals surface area contributed by atoms with Gasteiger partial charge in [-0.2, -0.15) is 0 Å². The first-order valence-corrected chi connectivity index (χ1v) is 8.88. The van der Waals surface area contributed by atoms with Gasteiger partial charge >= 0.3 is 0 Å². The van der Waals surface area contributed by atoms with Crippen molar-refractivity contribution in [1.82, 2.24) is 0 Å². The fourth-order valence-corrected chi connectivity index (χ4v) is 3.25. The molecule has 0 saturated carbocycles. The molecule has 4 heteroatoms. The number of rotatable bonds is 5. The molecule has 1 aliphatic rings. The van der Waals surface area contributed by atoms with E-state index in [1.165, 1.54) is 24.1 Å². The highest BCUT2D eigenvalue weighted by Gasteiger charge is 2.14. The molecular formula is C21H26N2O2. The summed E-state index contributed by atoms with van der Waals surface area (Å²) in [5.74, 6) is 0.616. The van der Waals surface area contributed by atoms with Crippen molar-refractivity contribution in [2.24, 2.45) is 0 Å². The monoisotopic (exact) mass is 338 g/mol. The number of anilines is 2. The Labute approximate surface area is 149 Å². The predicted octanol–water partition coefficient (Wildman–Crippen LogP) is 4.23. The smallest absolute Gasteiger partial charge is 0.262 e. The number of nitrogens with zero attached hydrogens (tertiary/aromatic N) is 1. The molecule has 1 heterocycles. The molecule has 1 amide bonds. The van der Waals surface area contributed by atoms with E-state index in [2.05, 4.69) is 23.2 Å². The Morgan fingerprint density at radius 1 is 1.04 bits per heavy atom. The van der Waals surface area contributed by atoms with Gasteiger partial charge in [0.25, 0.3) is 5.91 Å². The zero-order valence-electron chi connectivity index (χ0n) is 15.3. The molecule has 3 rings (SSSR count). The number of nitrogens with one attached hydrogen (secondary N) is 1. The van der Waals surface area contributed by atoms with Gasteiger partial charge in [0.15, 0.2) is 6.61 Å². The number of hydrogen-bond acceptors (Lipinski definition) is 3. The molecule has 1 saturated heterocycles. The predicted molar refractivity (Wildman–Crippen MR) is 103 cm³/mol. The highest BCUT2D eigenvalue weighted by Crippen LogP contribution is 2.26. The molecule has 4 nitrogen and oxygen atoms in total. The minimum atomic E-state index is -0.144. The number of carbonyl (C=O) groups excluding carboxylic acids is 1. The van der Waals surface area contributed by atoms with Gasteiger partial charge in [-0.1, -0.05) is 12.1 Å². The van der Waals surface area contributed by atoms with Crippen LogP contribution >= 0.6 is 0 Å². The average Bonchev–Trinajstić information content (AvgIpc) is 3.10. The van der Waals surface area contributed by atoms with Crippen LogP contribution in [0.15, 0.2) is 36.4 Å². The third-order valence-corrected chi connectivity index (χ3v) is 4.63. The molecule has 1 fully saturated rings. The fourth-order valence-electron chi connectivity index (χ4n) is 3.25. The molecule has 0 spiro atoms. The lowest BCUT2D eigenvalue weighted by atomic mass is 10.1. The number of benzene rings is 2. The second-order valence-corrected chi connectivity index (χ2v) is 6.80. The normalized spacial score (nSPS) is 13.8. The molecule has 2 aromatic rings. The standard InChI is InChI=1S/C21H26N2O2/c1-15-6-7-16(2)20(12-15)25-14-21(24)22-18-8-9-19(17(3)13-18)23-10-4-5-11-23/h6-9,12-13H,4-5,10-11,14H2,1-3H3,(H,22,24). The maximum absolute atomic E-state index is 12.2. The maximum Gasteiger partial charge on any atom is 0.262 e. The first-order chi connectivity index (χ1) is 12.0. The van der Waals surface area contributed by atoms with E-state index in [4.69, 9.17) is 4.74 Å². The van der Waals surface area contributed by atoms with Crippen molar-refractivity contribution in [2.75, 3.05) is 29.9 Å². The third kappa shape index (κ3) is 4.32. The fraction of sp³-hybridized carbons (Fsp3) is 0.381. The molecule has 1 N–H and O–H groups in total. The van der Waals surface area contributed by atoms with Crippen LogP contribution in [0.25, 0.3) is 0 Å². The van der Waals surface area contributed by atoms with Gasteiger partial charge in [-0.25, -0.2) is 0 Å². The Kier molecular flexibility index (Phi) is 5.27. The van der Waals surface area contributed by atoms with Crippen LogP contribution in [0, 0.1) is 20.8 Å². The van der Waals surface area contributed by atoms with Gasteiger partial charge in [0.05, 0.1) is 0 Å². The van der Waals surface area contributed by atoms with Crippen LogP contribution in [0.3, 0.4) is 0 Å². The van der Waals surface area contributed by atoms with Crippen LogP contribution in [0.1, 0.15) is 29.5 Å². The summed E-state index contributed by atoms with van der Waals surface area (Å²) in [6.45, 7) is 8.34. The van der Waals surface area contributed by atoms with E-state index in [-0.39, 0.29) is 12.5 Å². The summed E-state index contributed by atoms with van der Waals surface area (Å²) in [6, 6.07) is 12.1. The highest BCUT2D eigenvalue weighted by atomic mass is 16.5. The van der Waals surface area contributed by atoms with E-state index in [0.29, 0.717) is 0 Å². The van der Waals surface area contributed by atoms with Crippen LogP contribution in [0.5, 0.6) is 5.75 Å². The molecule has 1 aliphatic heterocycles. The van der Waals surface area contributed by atoms with E-state index in [9.17, 15) is 4.79 Å². The second-order valence-electron chi connectivity index (χ2n) is 6.80. The maximum atomic E-state index is 12.2. The van der Waals surface area contributed by atoms with Crippen molar-refractivity contribution in [3.63, 3.8) is 0 Å². The molecule has 132 valence electrons. The summed E-state index contributed by atoms with van der Waals surface area (Å²) >= 11 is 0. The lowest BCUT2D eigenvalue weighted by Gasteiger charge is -2.20. The number of carbonyl (C=O) groups is 1. The van der Waals surface area contributed by atoms with E-state index in [1.54, 1.807) is 0 Å². The molecule has 0 radical (unpaired) electrons. The van der Waals surface area contributed by atoms with Crippen molar-refractivity contribution < 1.29 is 9.53 Å². The number of ether oxygens (including phenoxy) is 1. The Hall–Kier alpha value is -2.49. The van der Waals surface area contributed by atoms with Crippen molar-refractivity contribution >= 4 is 17.3 Å². The second kappa shape index (κ2) is 7.60. The van der Waals surface area contributed by atoms with Crippen molar-refractivity contribution in [1.29, 1.82) is 0 Å². The molecule has 0 aromatic heterocycles. The zero-order valence-corrected chi connectivity index (χ0v) is 15.3. The molecule has 2 aromatic carbocycles. The summed E-state index contributed by atoms with van der Waals surface area (Å²) in [5, 5.41) is 2.92. The van der Waals surface area contributed by atoms with Crippen LogP contribution in [0.2, 0.25) is 0 Å². The van der Waals surface area contributed by atoms with Crippen LogP contribution in [-0.2, 0) is 4.79 Å². The molecule has 0 unspecified atom stereocenters.